The molecule has 1 unspecified atom stereocenters. The molecule has 2 aromatic rings. The molecule has 4 heteroatoms. The normalized spacial score (nSPS) is 12.5. The largest absolute Gasteiger partial charge is 0.319 e. The van der Waals surface area contributed by atoms with Crippen LogP contribution < -0.4 is 5.73 Å². The number of hydrogen-bond acceptors (Lipinski definition) is 2. The van der Waals surface area contributed by atoms with E-state index in [1.54, 1.807) is 31.3 Å². The van der Waals surface area contributed by atoms with Gasteiger partial charge in [-0.1, -0.05) is 12.1 Å². The lowest BCUT2D eigenvalue weighted by atomic mass is 10.0. The molecule has 0 amide bonds. The zero-order valence-corrected chi connectivity index (χ0v) is 9.32. The lowest BCUT2D eigenvalue weighted by Gasteiger charge is -2.14. The molecule has 0 spiro atoms. The maximum atomic E-state index is 13.9. The highest BCUT2D eigenvalue weighted by molar-refractivity contribution is 5.33. The average Bonchev–Trinajstić information content (AvgIpc) is 2.35. The molecule has 0 saturated heterocycles. The summed E-state index contributed by atoms with van der Waals surface area (Å²) in [4.78, 5) is 4.01. The van der Waals surface area contributed by atoms with E-state index < -0.39 is 17.7 Å². The van der Waals surface area contributed by atoms with Crippen molar-refractivity contribution >= 4 is 0 Å². The lowest BCUT2D eigenvalue weighted by molar-refractivity contribution is 0.535. The number of benzene rings is 1. The van der Waals surface area contributed by atoms with Gasteiger partial charge >= 0.3 is 0 Å². The zero-order chi connectivity index (χ0) is 12.4. The second-order valence-electron chi connectivity index (χ2n) is 3.82. The first-order chi connectivity index (χ1) is 8.11. The summed E-state index contributed by atoms with van der Waals surface area (Å²) in [5, 5.41) is 0. The summed E-state index contributed by atoms with van der Waals surface area (Å²) < 4.78 is 27.5. The van der Waals surface area contributed by atoms with Crippen LogP contribution in [-0.2, 0) is 0 Å². The summed E-state index contributed by atoms with van der Waals surface area (Å²) >= 11 is 0. The van der Waals surface area contributed by atoms with Crippen LogP contribution in [0, 0.1) is 18.6 Å². The predicted molar refractivity (Wildman–Crippen MR) is 61.4 cm³/mol. The number of aromatic nitrogens is 1. The molecule has 0 radical (unpaired) electrons. The SMILES string of the molecule is Cc1ccc(F)c(C(N)c2ccccn2)c1F. The Bertz CT molecular complexity index is 526. The Morgan fingerprint density at radius 1 is 1.18 bits per heavy atom. The fourth-order valence-electron chi connectivity index (χ4n) is 1.67. The Morgan fingerprint density at radius 3 is 2.59 bits per heavy atom. The number of nitrogens with two attached hydrogens (primary N) is 1. The Hall–Kier alpha value is -1.81. The molecule has 1 atom stereocenters. The van der Waals surface area contributed by atoms with Gasteiger partial charge in [0.05, 0.1) is 11.7 Å². The Morgan fingerprint density at radius 2 is 1.94 bits per heavy atom. The van der Waals surface area contributed by atoms with Gasteiger partial charge in [-0.05, 0) is 30.7 Å². The standard InChI is InChI=1S/C13H12F2N2/c1-8-5-6-9(14)11(12(8)15)13(16)10-4-2-3-7-17-10/h2-7,13H,16H2,1H3. The molecule has 0 saturated carbocycles. The van der Waals surface area contributed by atoms with E-state index in [0.717, 1.165) is 0 Å². The summed E-state index contributed by atoms with van der Waals surface area (Å²) in [6.07, 6.45) is 1.54. The molecule has 0 fully saturated rings. The molecule has 0 aliphatic heterocycles. The molecule has 1 aromatic carbocycles. The minimum atomic E-state index is -0.893. The molecule has 2 N–H and O–H groups in total. The van der Waals surface area contributed by atoms with Crippen molar-refractivity contribution in [1.82, 2.24) is 4.98 Å². The van der Waals surface area contributed by atoms with E-state index in [9.17, 15) is 8.78 Å². The van der Waals surface area contributed by atoms with Crippen LogP contribution in [0.15, 0.2) is 36.5 Å². The molecule has 1 heterocycles. The summed E-state index contributed by atoms with van der Waals surface area (Å²) in [6, 6.07) is 6.81. The van der Waals surface area contributed by atoms with E-state index in [0.29, 0.717) is 11.3 Å². The molecule has 0 aliphatic carbocycles. The summed E-state index contributed by atoms with van der Waals surface area (Å²) in [5.74, 6) is -1.26. The van der Waals surface area contributed by atoms with Gasteiger partial charge in [-0.3, -0.25) is 4.98 Å². The summed E-state index contributed by atoms with van der Waals surface area (Å²) in [5.41, 5.74) is 6.52. The topological polar surface area (TPSA) is 38.9 Å². The molecule has 2 nitrogen and oxygen atoms in total. The number of nitrogens with zero attached hydrogens (tertiary/aromatic N) is 1. The second-order valence-corrected chi connectivity index (χ2v) is 3.82. The molecule has 0 aliphatic rings. The van der Waals surface area contributed by atoms with Gasteiger partial charge in [0.25, 0.3) is 0 Å². The van der Waals surface area contributed by atoms with E-state index in [1.807, 2.05) is 0 Å². The molecular weight excluding hydrogens is 222 g/mol. The predicted octanol–water partition coefficient (Wildman–Crippen LogP) is 2.72. The van der Waals surface area contributed by atoms with E-state index in [4.69, 9.17) is 5.73 Å². The average molecular weight is 234 g/mol. The highest BCUT2D eigenvalue weighted by Crippen LogP contribution is 2.25. The lowest BCUT2D eigenvalue weighted by Crippen LogP contribution is -2.17. The van der Waals surface area contributed by atoms with E-state index in [2.05, 4.69) is 4.98 Å². The number of aryl methyl sites for hydroxylation is 1. The Balaban J connectivity index is 2.51. The monoisotopic (exact) mass is 234 g/mol. The fourth-order valence-corrected chi connectivity index (χ4v) is 1.67. The third-order valence-corrected chi connectivity index (χ3v) is 2.64. The maximum Gasteiger partial charge on any atom is 0.134 e. The first kappa shape index (κ1) is 11.7. The van der Waals surface area contributed by atoms with Crippen molar-refractivity contribution < 1.29 is 8.78 Å². The number of pyridine rings is 1. The first-order valence-corrected chi connectivity index (χ1v) is 5.22. The highest BCUT2D eigenvalue weighted by atomic mass is 19.1. The van der Waals surface area contributed by atoms with Crippen LogP contribution in [0.2, 0.25) is 0 Å². The van der Waals surface area contributed by atoms with Gasteiger partial charge in [-0.2, -0.15) is 0 Å². The van der Waals surface area contributed by atoms with E-state index >= 15 is 0 Å². The quantitative estimate of drug-likeness (QED) is 0.867. The van der Waals surface area contributed by atoms with Crippen molar-refractivity contribution in [3.8, 4) is 0 Å². The maximum absolute atomic E-state index is 13.9. The van der Waals surface area contributed by atoms with Crippen molar-refractivity contribution in [2.24, 2.45) is 5.73 Å². The van der Waals surface area contributed by atoms with Gasteiger partial charge in [0.2, 0.25) is 0 Å². The van der Waals surface area contributed by atoms with Crippen LogP contribution in [0.3, 0.4) is 0 Å². The smallest absolute Gasteiger partial charge is 0.134 e. The van der Waals surface area contributed by atoms with Gasteiger partial charge in [0.1, 0.15) is 11.6 Å². The van der Waals surface area contributed by atoms with Gasteiger partial charge in [0, 0.05) is 11.8 Å². The van der Waals surface area contributed by atoms with Gasteiger partial charge < -0.3 is 5.73 Å². The molecular formula is C13H12F2N2. The third kappa shape index (κ3) is 2.17. The number of hydrogen-bond donors (Lipinski definition) is 1. The summed E-state index contributed by atoms with van der Waals surface area (Å²) in [6.45, 7) is 1.57. The van der Waals surface area contributed by atoms with Crippen LogP contribution in [0.5, 0.6) is 0 Å². The summed E-state index contributed by atoms with van der Waals surface area (Å²) in [7, 11) is 0. The van der Waals surface area contributed by atoms with E-state index in [-0.39, 0.29) is 5.56 Å². The third-order valence-electron chi connectivity index (χ3n) is 2.64. The molecule has 0 bridgehead atoms. The van der Waals surface area contributed by atoms with Crippen LogP contribution >= 0.6 is 0 Å². The van der Waals surface area contributed by atoms with Gasteiger partial charge in [-0.15, -0.1) is 0 Å². The number of rotatable bonds is 2. The zero-order valence-electron chi connectivity index (χ0n) is 9.32. The first-order valence-electron chi connectivity index (χ1n) is 5.22. The van der Waals surface area contributed by atoms with E-state index in [1.165, 1.54) is 12.1 Å². The molecule has 1 aromatic heterocycles. The molecule has 2 rings (SSSR count). The van der Waals surface area contributed by atoms with Crippen molar-refractivity contribution in [3.63, 3.8) is 0 Å². The van der Waals surface area contributed by atoms with Crippen LogP contribution in [0.1, 0.15) is 22.9 Å². The molecule has 17 heavy (non-hydrogen) atoms. The minimum absolute atomic E-state index is 0.135. The van der Waals surface area contributed by atoms with Crippen molar-refractivity contribution in [2.45, 2.75) is 13.0 Å². The fraction of sp³-hybridized carbons (Fsp3) is 0.154. The second kappa shape index (κ2) is 4.59. The van der Waals surface area contributed by atoms with Crippen molar-refractivity contribution in [1.29, 1.82) is 0 Å². The van der Waals surface area contributed by atoms with Crippen molar-refractivity contribution in [2.75, 3.05) is 0 Å². The number of halogens is 2. The van der Waals surface area contributed by atoms with Gasteiger partial charge in [-0.25, -0.2) is 8.78 Å². The minimum Gasteiger partial charge on any atom is -0.319 e. The van der Waals surface area contributed by atoms with Gasteiger partial charge in [0.15, 0.2) is 0 Å². The van der Waals surface area contributed by atoms with Crippen LogP contribution in [0.4, 0.5) is 8.78 Å². The molecule has 88 valence electrons. The highest BCUT2D eigenvalue weighted by Gasteiger charge is 2.20. The Kier molecular flexibility index (Phi) is 3.15. The van der Waals surface area contributed by atoms with Crippen LogP contribution in [0.25, 0.3) is 0 Å². The van der Waals surface area contributed by atoms with Crippen molar-refractivity contribution in [3.05, 3.63) is 65.0 Å². The van der Waals surface area contributed by atoms with Crippen LogP contribution in [-0.4, -0.2) is 4.98 Å². The Labute approximate surface area is 98.1 Å².